The second-order valence-corrected chi connectivity index (χ2v) is 10.7. The summed E-state index contributed by atoms with van der Waals surface area (Å²) < 4.78 is 5.83. The maximum Gasteiger partial charge on any atom is 0.323 e. The van der Waals surface area contributed by atoms with Gasteiger partial charge in [-0.2, -0.15) is 0 Å². The minimum absolute atomic E-state index is 0.0163. The summed E-state index contributed by atoms with van der Waals surface area (Å²) in [7, 11) is 0. The molecule has 0 unspecified atom stereocenters. The predicted octanol–water partition coefficient (Wildman–Crippen LogP) is 5.98. The van der Waals surface area contributed by atoms with Gasteiger partial charge >= 0.3 is 5.97 Å². The first-order valence-corrected chi connectivity index (χ1v) is 12.9. The zero-order valence-corrected chi connectivity index (χ0v) is 22.0. The van der Waals surface area contributed by atoms with Crippen molar-refractivity contribution in [3.8, 4) is 11.1 Å². The highest BCUT2D eigenvalue weighted by atomic mass is 16.6. The zero-order chi connectivity index (χ0) is 26.6. The van der Waals surface area contributed by atoms with Gasteiger partial charge in [0.05, 0.1) is 5.54 Å². The molecule has 1 N–H and O–H groups in total. The molecule has 0 spiro atoms. The Morgan fingerprint density at radius 1 is 0.784 bits per heavy atom. The molecule has 192 valence electrons. The molecule has 3 aromatic carbocycles. The number of ether oxygens (including phenoxy) is 1. The van der Waals surface area contributed by atoms with E-state index >= 15 is 0 Å². The minimum Gasteiger partial charge on any atom is -0.459 e. The number of nitrogens with one attached hydrogen (secondary N) is 1. The minimum atomic E-state index is -0.807. The van der Waals surface area contributed by atoms with Gasteiger partial charge in [0.1, 0.15) is 23.2 Å². The van der Waals surface area contributed by atoms with Crippen molar-refractivity contribution in [2.24, 2.45) is 0 Å². The third-order valence-corrected chi connectivity index (χ3v) is 6.71. The van der Waals surface area contributed by atoms with Crippen molar-refractivity contribution in [2.75, 3.05) is 0 Å². The molecule has 0 amide bonds. The highest BCUT2D eigenvalue weighted by molar-refractivity contribution is 5.86. The molecule has 0 heterocycles. The van der Waals surface area contributed by atoms with E-state index in [2.05, 4.69) is 41.7 Å². The number of hydrogen-bond donors (Lipinski definition) is 1. The van der Waals surface area contributed by atoms with E-state index in [-0.39, 0.29) is 37.2 Å². The number of carbonyl (C=O) groups is 3. The summed E-state index contributed by atoms with van der Waals surface area (Å²) in [6.45, 7) is 7.00. The third kappa shape index (κ3) is 5.72. The molecule has 0 aliphatic heterocycles. The first-order valence-electron chi connectivity index (χ1n) is 12.9. The quantitative estimate of drug-likeness (QED) is 0.349. The summed E-state index contributed by atoms with van der Waals surface area (Å²) in [5.41, 5.74) is 3.84. The number of fused-ring (bicyclic) bond motifs is 3. The van der Waals surface area contributed by atoms with E-state index in [1.807, 2.05) is 63.2 Å². The molecule has 1 aliphatic carbocycles. The van der Waals surface area contributed by atoms with Crippen LogP contribution in [-0.2, 0) is 24.7 Å². The van der Waals surface area contributed by atoms with Gasteiger partial charge in [0.25, 0.3) is 0 Å². The Labute approximate surface area is 219 Å². The summed E-state index contributed by atoms with van der Waals surface area (Å²) in [6, 6.07) is 25.8. The van der Waals surface area contributed by atoms with Crippen LogP contribution in [0.5, 0.6) is 0 Å². The van der Waals surface area contributed by atoms with Gasteiger partial charge in [-0.05, 0) is 61.9 Å². The molecule has 0 saturated carbocycles. The Balaban J connectivity index is 1.79. The topological polar surface area (TPSA) is 72.5 Å². The van der Waals surface area contributed by atoms with Crippen LogP contribution in [0.2, 0.25) is 0 Å². The van der Waals surface area contributed by atoms with Crippen molar-refractivity contribution in [3.05, 3.63) is 95.6 Å². The van der Waals surface area contributed by atoms with Crippen LogP contribution in [0.3, 0.4) is 0 Å². The van der Waals surface area contributed by atoms with Crippen molar-refractivity contribution >= 4 is 17.5 Å². The Morgan fingerprint density at radius 2 is 1.32 bits per heavy atom. The largest absolute Gasteiger partial charge is 0.459 e. The second kappa shape index (κ2) is 10.8. The number of esters is 1. The van der Waals surface area contributed by atoms with Crippen molar-refractivity contribution in [1.82, 2.24) is 5.32 Å². The summed E-state index contributed by atoms with van der Waals surface area (Å²) in [6.07, 6.45) is 0.854. The van der Waals surface area contributed by atoms with Crippen molar-refractivity contribution < 1.29 is 19.1 Å². The first-order chi connectivity index (χ1) is 17.6. The smallest absolute Gasteiger partial charge is 0.323 e. The molecule has 0 saturated heterocycles. The number of hydrogen-bond acceptors (Lipinski definition) is 5. The van der Waals surface area contributed by atoms with Gasteiger partial charge in [-0.3, -0.25) is 14.9 Å². The van der Waals surface area contributed by atoms with Gasteiger partial charge < -0.3 is 9.53 Å². The molecule has 1 atom stereocenters. The fourth-order valence-electron chi connectivity index (χ4n) is 5.10. The highest BCUT2D eigenvalue weighted by Gasteiger charge is 2.47. The fraction of sp³-hybridized carbons (Fsp3) is 0.344. The van der Waals surface area contributed by atoms with E-state index < -0.39 is 23.2 Å². The average molecular weight is 498 g/mol. The van der Waals surface area contributed by atoms with E-state index in [0.29, 0.717) is 0 Å². The molecule has 0 bridgehead atoms. The molecule has 5 heteroatoms. The molecule has 4 rings (SSSR count). The fourth-order valence-corrected chi connectivity index (χ4v) is 5.10. The molecule has 0 fully saturated rings. The first kappa shape index (κ1) is 26.5. The van der Waals surface area contributed by atoms with Gasteiger partial charge in [-0.1, -0.05) is 78.9 Å². The number of Topliss-reactive ketones (excluding diaryl/α,β-unsaturated/α-hetero) is 2. The number of benzene rings is 3. The third-order valence-electron chi connectivity index (χ3n) is 6.71. The van der Waals surface area contributed by atoms with Gasteiger partial charge in [0.2, 0.25) is 0 Å². The highest BCUT2D eigenvalue weighted by Crippen LogP contribution is 2.51. The Morgan fingerprint density at radius 3 is 1.86 bits per heavy atom. The molecule has 3 aromatic rings. The van der Waals surface area contributed by atoms with Crippen molar-refractivity contribution in [3.63, 3.8) is 0 Å². The normalized spacial score (nSPS) is 14.4. The van der Waals surface area contributed by atoms with Gasteiger partial charge in [-0.25, -0.2) is 0 Å². The summed E-state index contributed by atoms with van der Waals surface area (Å²) in [4.78, 5) is 37.6. The second-order valence-electron chi connectivity index (χ2n) is 10.7. The van der Waals surface area contributed by atoms with E-state index in [0.717, 1.165) is 27.8 Å². The summed E-state index contributed by atoms with van der Waals surface area (Å²) in [5, 5.41) is 3.71. The van der Waals surface area contributed by atoms with E-state index in [4.69, 9.17) is 4.74 Å². The Kier molecular flexibility index (Phi) is 7.74. The van der Waals surface area contributed by atoms with Crippen LogP contribution >= 0.6 is 0 Å². The number of carbonyl (C=O) groups excluding carboxylic acids is 3. The van der Waals surface area contributed by atoms with Crippen LogP contribution in [0.4, 0.5) is 0 Å². The lowest BCUT2D eigenvalue weighted by Crippen LogP contribution is -2.53. The van der Waals surface area contributed by atoms with Crippen LogP contribution in [0.25, 0.3) is 11.1 Å². The Hall–Kier alpha value is -3.57. The molecule has 0 radical (unpaired) electrons. The number of rotatable bonds is 10. The Bertz CT molecular complexity index is 1240. The summed E-state index contributed by atoms with van der Waals surface area (Å²) in [5.74, 6) is -0.451. The van der Waals surface area contributed by atoms with Crippen LogP contribution < -0.4 is 5.32 Å². The van der Waals surface area contributed by atoms with Gasteiger partial charge in [-0.15, -0.1) is 0 Å². The molecular weight excluding hydrogens is 462 g/mol. The monoisotopic (exact) mass is 497 g/mol. The van der Waals surface area contributed by atoms with Crippen LogP contribution in [-0.4, -0.2) is 29.2 Å². The zero-order valence-electron chi connectivity index (χ0n) is 22.0. The summed E-state index contributed by atoms with van der Waals surface area (Å²) >= 11 is 0. The van der Waals surface area contributed by atoms with Crippen LogP contribution in [0.1, 0.15) is 70.1 Å². The van der Waals surface area contributed by atoms with E-state index in [1.165, 1.54) is 6.92 Å². The molecule has 5 nitrogen and oxygen atoms in total. The van der Waals surface area contributed by atoms with E-state index in [1.54, 1.807) is 0 Å². The maximum atomic E-state index is 13.6. The van der Waals surface area contributed by atoms with E-state index in [9.17, 15) is 14.4 Å². The molecule has 37 heavy (non-hydrogen) atoms. The standard InChI is InChI=1S/C32H35NO4/c1-22(34)18-19-24(35)20-21-29(30(36)37-31(2,3)4)33-32(23-12-6-5-7-13-23)27-16-10-8-14-25(27)26-15-9-11-17-28(26)32/h5-17,29,33H,18-21H2,1-4H3/t29-/m1/s1. The average Bonchev–Trinajstić information content (AvgIpc) is 3.15. The molecule has 0 aromatic heterocycles. The van der Waals surface area contributed by atoms with Gasteiger partial charge in [0, 0.05) is 19.3 Å². The SMILES string of the molecule is CC(=O)CCC(=O)CC[C@@H](NC1(c2ccccc2)c2ccccc2-c2ccccc21)C(=O)OC(C)(C)C. The lowest BCUT2D eigenvalue weighted by Gasteiger charge is -2.38. The predicted molar refractivity (Wildman–Crippen MR) is 145 cm³/mol. The van der Waals surface area contributed by atoms with Crippen molar-refractivity contribution in [1.29, 1.82) is 0 Å². The molecule has 1 aliphatic rings. The number of ketones is 2. The van der Waals surface area contributed by atoms with Gasteiger partial charge in [0.15, 0.2) is 0 Å². The lowest BCUT2D eigenvalue weighted by atomic mass is 9.79. The van der Waals surface area contributed by atoms with Crippen LogP contribution in [0.15, 0.2) is 78.9 Å². The van der Waals surface area contributed by atoms with Crippen LogP contribution in [0, 0.1) is 0 Å². The maximum absolute atomic E-state index is 13.6. The van der Waals surface area contributed by atoms with Crippen molar-refractivity contribution in [2.45, 2.75) is 70.6 Å². The molecular formula is C32H35NO4. The lowest BCUT2D eigenvalue weighted by molar-refractivity contribution is -0.158.